The van der Waals surface area contributed by atoms with E-state index in [0.717, 1.165) is 37.3 Å². The van der Waals surface area contributed by atoms with Gasteiger partial charge in [0.15, 0.2) is 5.82 Å². The molecule has 1 N–H and O–H groups in total. The Morgan fingerprint density at radius 3 is 2.68 bits per heavy atom. The lowest BCUT2D eigenvalue weighted by molar-refractivity contribution is -0.137. The molecule has 0 fully saturated rings. The van der Waals surface area contributed by atoms with Crippen molar-refractivity contribution in [1.29, 1.82) is 0 Å². The quantitative estimate of drug-likeness (QED) is 0.863. The Hall–Kier alpha value is -2.64. The van der Waals surface area contributed by atoms with Crippen LogP contribution in [0.4, 0.5) is 13.2 Å². The average molecular weight is 350 g/mol. The molecule has 2 aromatic rings. The van der Waals surface area contributed by atoms with Crippen LogP contribution in [0.2, 0.25) is 0 Å². The molecule has 5 nitrogen and oxygen atoms in total. The topological polar surface area (TPSA) is 59.8 Å². The summed E-state index contributed by atoms with van der Waals surface area (Å²) in [4.78, 5) is 12.0. The molecule has 8 heteroatoms. The Kier molecular flexibility index (Phi) is 4.61. The van der Waals surface area contributed by atoms with Crippen molar-refractivity contribution in [1.82, 2.24) is 20.1 Å². The molecule has 1 aliphatic heterocycles. The molecule has 0 aliphatic carbocycles. The standard InChI is InChI=1S/C17H17F3N4O/c1-11(12-4-6-13(7-5-12)17(18,19)20)9-16(25)21-10-15-23-22-14-3-2-8-24(14)15/h4-7,9H,2-3,8,10H2,1H3,(H,21,25). The lowest BCUT2D eigenvalue weighted by atomic mass is 10.0. The predicted octanol–water partition coefficient (Wildman–Crippen LogP) is 2.96. The maximum absolute atomic E-state index is 12.6. The number of alkyl halides is 3. The number of benzene rings is 1. The summed E-state index contributed by atoms with van der Waals surface area (Å²) in [6.07, 6.45) is -1.08. The van der Waals surface area contributed by atoms with Crippen molar-refractivity contribution >= 4 is 11.5 Å². The van der Waals surface area contributed by atoms with Gasteiger partial charge in [-0.25, -0.2) is 0 Å². The molecule has 3 rings (SSSR count). The number of hydrogen-bond donors (Lipinski definition) is 1. The van der Waals surface area contributed by atoms with Gasteiger partial charge in [0.1, 0.15) is 5.82 Å². The maximum atomic E-state index is 12.6. The van der Waals surface area contributed by atoms with Gasteiger partial charge in [0.25, 0.3) is 0 Å². The summed E-state index contributed by atoms with van der Waals surface area (Å²) >= 11 is 0. The molecule has 0 saturated carbocycles. The van der Waals surface area contributed by atoms with Crippen LogP contribution in [0, 0.1) is 0 Å². The van der Waals surface area contributed by atoms with E-state index in [1.807, 2.05) is 4.57 Å². The summed E-state index contributed by atoms with van der Waals surface area (Å²) in [7, 11) is 0. The van der Waals surface area contributed by atoms with Gasteiger partial charge in [-0.2, -0.15) is 13.2 Å². The van der Waals surface area contributed by atoms with Crippen molar-refractivity contribution in [2.45, 2.75) is 39.0 Å². The fourth-order valence-electron chi connectivity index (χ4n) is 2.76. The molecule has 2 heterocycles. The molecular formula is C17H17F3N4O. The van der Waals surface area contributed by atoms with Gasteiger partial charge >= 0.3 is 6.18 Å². The predicted molar refractivity (Wildman–Crippen MR) is 85.3 cm³/mol. The van der Waals surface area contributed by atoms with E-state index in [4.69, 9.17) is 0 Å². The highest BCUT2D eigenvalue weighted by Gasteiger charge is 2.29. The normalized spacial score (nSPS) is 14.5. The number of hydrogen-bond acceptors (Lipinski definition) is 3. The largest absolute Gasteiger partial charge is 0.416 e. The van der Waals surface area contributed by atoms with Crippen molar-refractivity contribution in [3.05, 3.63) is 53.1 Å². The van der Waals surface area contributed by atoms with Crippen molar-refractivity contribution in [3.63, 3.8) is 0 Å². The maximum Gasteiger partial charge on any atom is 0.416 e. The summed E-state index contributed by atoms with van der Waals surface area (Å²) in [5.74, 6) is 1.31. The van der Waals surface area contributed by atoms with Gasteiger partial charge < -0.3 is 9.88 Å². The minimum atomic E-state index is -4.37. The lowest BCUT2D eigenvalue weighted by Gasteiger charge is -2.08. The number of allylic oxidation sites excluding steroid dienone is 1. The fourth-order valence-corrected chi connectivity index (χ4v) is 2.76. The van der Waals surface area contributed by atoms with Gasteiger partial charge in [0.05, 0.1) is 12.1 Å². The van der Waals surface area contributed by atoms with E-state index in [1.54, 1.807) is 6.92 Å². The number of nitrogens with zero attached hydrogens (tertiary/aromatic N) is 3. The average Bonchev–Trinajstić information content (AvgIpc) is 3.16. The second-order valence-corrected chi connectivity index (χ2v) is 5.91. The molecule has 0 saturated heterocycles. The molecule has 0 unspecified atom stereocenters. The van der Waals surface area contributed by atoms with Crippen LogP contribution in [0.25, 0.3) is 5.57 Å². The van der Waals surface area contributed by atoms with Crippen LogP contribution in [0.1, 0.15) is 36.1 Å². The van der Waals surface area contributed by atoms with Gasteiger partial charge in [-0.15, -0.1) is 10.2 Å². The number of carbonyl (C=O) groups excluding carboxylic acids is 1. The first kappa shape index (κ1) is 17.2. The Labute approximate surface area is 142 Å². The first-order valence-corrected chi connectivity index (χ1v) is 7.89. The first-order chi connectivity index (χ1) is 11.8. The fraction of sp³-hybridized carbons (Fsp3) is 0.353. The second kappa shape index (κ2) is 6.70. The van der Waals surface area contributed by atoms with Gasteiger partial charge in [-0.05, 0) is 36.6 Å². The van der Waals surface area contributed by atoms with E-state index in [1.165, 1.54) is 18.2 Å². The van der Waals surface area contributed by atoms with Crippen molar-refractivity contribution in [3.8, 4) is 0 Å². The Morgan fingerprint density at radius 1 is 1.28 bits per heavy atom. The third kappa shape index (κ3) is 3.89. The summed E-state index contributed by atoms with van der Waals surface area (Å²) < 4.78 is 39.7. The zero-order valence-electron chi connectivity index (χ0n) is 13.6. The molecule has 0 bridgehead atoms. The highest BCUT2D eigenvalue weighted by Crippen LogP contribution is 2.30. The Morgan fingerprint density at radius 2 is 2.00 bits per heavy atom. The number of rotatable bonds is 4. The van der Waals surface area contributed by atoms with Gasteiger partial charge in [0, 0.05) is 19.0 Å². The molecule has 25 heavy (non-hydrogen) atoms. The number of aryl methyl sites for hydroxylation is 1. The minimum absolute atomic E-state index is 0.266. The lowest BCUT2D eigenvalue weighted by Crippen LogP contribution is -2.23. The van der Waals surface area contributed by atoms with Crippen LogP contribution in [-0.2, 0) is 30.5 Å². The molecule has 1 aromatic carbocycles. The highest BCUT2D eigenvalue weighted by atomic mass is 19.4. The van der Waals surface area contributed by atoms with Gasteiger partial charge in [-0.3, -0.25) is 4.79 Å². The van der Waals surface area contributed by atoms with E-state index in [0.29, 0.717) is 17.0 Å². The molecule has 0 radical (unpaired) electrons. The minimum Gasteiger partial charge on any atom is -0.345 e. The summed E-state index contributed by atoms with van der Waals surface area (Å²) in [5, 5.41) is 10.8. The Balaban J connectivity index is 1.62. The van der Waals surface area contributed by atoms with E-state index in [2.05, 4.69) is 15.5 Å². The van der Waals surface area contributed by atoms with Crippen LogP contribution in [0.3, 0.4) is 0 Å². The number of halogens is 3. The third-order valence-electron chi connectivity index (χ3n) is 4.12. The van der Waals surface area contributed by atoms with Gasteiger partial charge in [-0.1, -0.05) is 12.1 Å². The molecular weight excluding hydrogens is 333 g/mol. The number of amides is 1. The van der Waals surface area contributed by atoms with E-state index in [-0.39, 0.29) is 12.5 Å². The second-order valence-electron chi connectivity index (χ2n) is 5.91. The van der Waals surface area contributed by atoms with Crippen molar-refractivity contribution < 1.29 is 18.0 Å². The summed E-state index contributed by atoms with van der Waals surface area (Å²) in [6, 6.07) is 4.72. The smallest absolute Gasteiger partial charge is 0.345 e. The number of carbonyl (C=O) groups is 1. The van der Waals surface area contributed by atoms with Crippen LogP contribution in [-0.4, -0.2) is 20.7 Å². The summed E-state index contributed by atoms with van der Waals surface area (Å²) in [6.45, 7) is 2.80. The zero-order valence-corrected chi connectivity index (χ0v) is 13.6. The van der Waals surface area contributed by atoms with Crippen LogP contribution in [0.5, 0.6) is 0 Å². The molecule has 0 spiro atoms. The monoisotopic (exact) mass is 350 g/mol. The van der Waals surface area contributed by atoms with Crippen molar-refractivity contribution in [2.75, 3.05) is 0 Å². The highest BCUT2D eigenvalue weighted by molar-refractivity contribution is 5.94. The van der Waals surface area contributed by atoms with Crippen LogP contribution < -0.4 is 5.32 Å². The van der Waals surface area contributed by atoms with Crippen LogP contribution >= 0.6 is 0 Å². The summed E-state index contributed by atoms with van der Waals surface area (Å²) in [5.41, 5.74) is 0.429. The molecule has 1 amide bonds. The van der Waals surface area contributed by atoms with Gasteiger partial charge in [0.2, 0.25) is 5.91 Å². The molecule has 1 aliphatic rings. The van der Waals surface area contributed by atoms with E-state index in [9.17, 15) is 18.0 Å². The first-order valence-electron chi connectivity index (χ1n) is 7.89. The third-order valence-corrected chi connectivity index (χ3v) is 4.12. The number of aromatic nitrogens is 3. The molecule has 1 aromatic heterocycles. The van der Waals surface area contributed by atoms with E-state index < -0.39 is 11.7 Å². The molecule has 132 valence electrons. The zero-order chi connectivity index (χ0) is 18.0. The Bertz CT molecular complexity index is 806. The van der Waals surface area contributed by atoms with Crippen LogP contribution in [0.15, 0.2) is 30.3 Å². The SMILES string of the molecule is CC(=CC(=O)NCc1nnc2n1CCC2)c1ccc(C(F)(F)F)cc1. The number of fused-ring (bicyclic) bond motifs is 1. The van der Waals surface area contributed by atoms with Crippen molar-refractivity contribution in [2.24, 2.45) is 0 Å². The molecule has 0 atom stereocenters. The van der Waals surface area contributed by atoms with E-state index >= 15 is 0 Å². The number of nitrogens with one attached hydrogen (secondary N) is 1.